The van der Waals surface area contributed by atoms with E-state index >= 15 is 0 Å². The molecule has 3 rings (SSSR count). The minimum Gasteiger partial charge on any atom is -0.361 e. The number of para-hydroxylation sites is 1. The molecular weight excluding hydrogens is 258 g/mol. The van der Waals surface area contributed by atoms with Crippen molar-refractivity contribution in [3.63, 3.8) is 0 Å². The summed E-state index contributed by atoms with van der Waals surface area (Å²) >= 11 is 0. The summed E-state index contributed by atoms with van der Waals surface area (Å²) in [4.78, 5) is 5.98. The predicted octanol–water partition coefficient (Wildman–Crippen LogP) is 3.29. The van der Waals surface area contributed by atoms with Crippen LogP contribution in [0, 0.1) is 5.92 Å². The van der Waals surface area contributed by atoms with Gasteiger partial charge in [-0.2, -0.15) is 0 Å². The summed E-state index contributed by atoms with van der Waals surface area (Å²) in [5, 5.41) is 1.38. The van der Waals surface area contributed by atoms with Crippen molar-refractivity contribution < 1.29 is 0 Å². The third-order valence-electron chi connectivity index (χ3n) is 5.18. The lowest BCUT2D eigenvalue weighted by Gasteiger charge is -2.29. The second-order valence-electron chi connectivity index (χ2n) is 6.42. The van der Waals surface area contributed by atoms with Crippen LogP contribution in [0.15, 0.2) is 24.4 Å². The maximum absolute atomic E-state index is 5.93. The second kappa shape index (κ2) is 6.20. The molecule has 2 unspecified atom stereocenters. The minimum atomic E-state index is 0.648. The summed E-state index contributed by atoms with van der Waals surface area (Å²) in [5.41, 5.74) is 10.1. The molecule has 3 N–H and O–H groups in total. The van der Waals surface area contributed by atoms with E-state index in [1.165, 1.54) is 41.3 Å². The van der Waals surface area contributed by atoms with Crippen LogP contribution < -0.4 is 5.73 Å². The van der Waals surface area contributed by atoms with Gasteiger partial charge in [0.2, 0.25) is 0 Å². The number of aromatic amines is 1. The maximum atomic E-state index is 5.93. The number of aromatic nitrogens is 1. The maximum Gasteiger partial charge on any atom is 0.0489 e. The van der Waals surface area contributed by atoms with Crippen LogP contribution in [0.2, 0.25) is 0 Å². The van der Waals surface area contributed by atoms with Crippen molar-refractivity contribution in [2.45, 2.75) is 45.2 Å². The van der Waals surface area contributed by atoms with E-state index < -0.39 is 0 Å². The third-order valence-corrected chi connectivity index (χ3v) is 5.18. The van der Waals surface area contributed by atoms with Crippen LogP contribution in [0.1, 0.15) is 37.3 Å². The predicted molar refractivity (Wildman–Crippen MR) is 89.3 cm³/mol. The number of nitrogens with one attached hydrogen (secondary N) is 1. The molecule has 0 radical (unpaired) electrons. The molecule has 0 spiro atoms. The highest BCUT2D eigenvalue weighted by Gasteiger charge is 2.29. The standard InChI is InChI=1S/C18H27N3/c1-3-13-6-4-8-16-15(11-20-18(13)16)12-21(2)17-9-5-7-14(17)10-19/h4,6,8,11,14,17,20H,3,5,7,9-10,12,19H2,1-2H3. The molecule has 21 heavy (non-hydrogen) atoms. The Morgan fingerprint density at radius 3 is 2.90 bits per heavy atom. The smallest absolute Gasteiger partial charge is 0.0489 e. The summed E-state index contributed by atoms with van der Waals surface area (Å²) in [6.45, 7) is 4.04. The van der Waals surface area contributed by atoms with Crippen LogP contribution in [0.3, 0.4) is 0 Å². The Kier molecular flexibility index (Phi) is 4.32. The van der Waals surface area contributed by atoms with E-state index in [1.54, 1.807) is 0 Å². The van der Waals surface area contributed by atoms with Gasteiger partial charge in [0, 0.05) is 29.7 Å². The summed E-state index contributed by atoms with van der Waals surface area (Å²) in [7, 11) is 2.25. The molecule has 2 aromatic rings. The van der Waals surface area contributed by atoms with Gasteiger partial charge in [0.15, 0.2) is 0 Å². The zero-order valence-corrected chi connectivity index (χ0v) is 13.2. The zero-order valence-electron chi connectivity index (χ0n) is 13.2. The van der Waals surface area contributed by atoms with E-state index in [0.717, 1.165) is 19.5 Å². The van der Waals surface area contributed by atoms with E-state index in [0.29, 0.717) is 12.0 Å². The van der Waals surface area contributed by atoms with Gasteiger partial charge in [0.05, 0.1) is 0 Å². The number of aryl methyl sites for hydroxylation is 1. The van der Waals surface area contributed by atoms with Gasteiger partial charge in [-0.05, 0) is 49.9 Å². The topological polar surface area (TPSA) is 45.0 Å². The molecule has 114 valence electrons. The molecule has 0 amide bonds. The van der Waals surface area contributed by atoms with Crippen LogP contribution in [0.4, 0.5) is 0 Å². The van der Waals surface area contributed by atoms with Crippen molar-refractivity contribution in [2.75, 3.05) is 13.6 Å². The fourth-order valence-electron chi connectivity index (χ4n) is 3.96. The summed E-state index contributed by atoms with van der Waals surface area (Å²) in [6.07, 6.45) is 7.17. The molecule has 2 atom stereocenters. The van der Waals surface area contributed by atoms with Crippen LogP contribution in [0.25, 0.3) is 10.9 Å². The van der Waals surface area contributed by atoms with Crippen molar-refractivity contribution in [3.05, 3.63) is 35.5 Å². The van der Waals surface area contributed by atoms with E-state index in [-0.39, 0.29) is 0 Å². The first-order valence-corrected chi connectivity index (χ1v) is 8.22. The highest BCUT2D eigenvalue weighted by molar-refractivity contribution is 5.86. The lowest BCUT2D eigenvalue weighted by atomic mass is 10.0. The Morgan fingerprint density at radius 1 is 1.29 bits per heavy atom. The van der Waals surface area contributed by atoms with Gasteiger partial charge >= 0.3 is 0 Å². The average molecular weight is 285 g/mol. The summed E-state index contributed by atoms with van der Waals surface area (Å²) in [5.74, 6) is 0.673. The minimum absolute atomic E-state index is 0.648. The molecular formula is C18H27N3. The number of hydrogen-bond donors (Lipinski definition) is 2. The van der Waals surface area contributed by atoms with Crippen molar-refractivity contribution in [3.8, 4) is 0 Å². The van der Waals surface area contributed by atoms with E-state index in [1.807, 2.05) is 0 Å². The highest BCUT2D eigenvalue weighted by atomic mass is 15.1. The molecule has 1 aromatic heterocycles. The number of fused-ring (bicyclic) bond motifs is 1. The van der Waals surface area contributed by atoms with Crippen molar-refractivity contribution in [2.24, 2.45) is 11.7 Å². The Bertz CT molecular complexity index is 602. The van der Waals surface area contributed by atoms with E-state index in [9.17, 15) is 0 Å². The molecule has 1 saturated carbocycles. The highest BCUT2D eigenvalue weighted by Crippen LogP contribution is 2.30. The first-order chi connectivity index (χ1) is 10.2. The summed E-state index contributed by atoms with van der Waals surface area (Å²) < 4.78 is 0. The Balaban J connectivity index is 1.82. The summed E-state index contributed by atoms with van der Waals surface area (Å²) in [6, 6.07) is 7.28. The SMILES string of the molecule is CCc1cccc2c(CN(C)C3CCCC3CN)c[nH]c12. The number of nitrogens with zero attached hydrogens (tertiary/aromatic N) is 1. The van der Waals surface area contributed by atoms with Gasteiger partial charge in [-0.3, -0.25) is 4.90 Å². The Hall–Kier alpha value is -1.32. The molecule has 3 heteroatoms. The number of nitrogens with two attached hydrogens (primary N) is 1. The largest absolute Gasteiger partial charge is 0.361 e. The second-order valence-corrected chi connectivity index (χ2v) is 6.42. The first kappa shape index (κ1) is 14.6. The molecule has 1 aliphatic carbocycles. The normalized spacial score (nSPS) is 22.5. The molecule has 1 heterocycles. The molecule has 3 nitrogen and oxygen atoms in total. The van der Waals surface area contributed by atoms with Crippen molar-refractivity contribution >= 4 is 10.9 Å². The zero-order chi connectivity index (χ0) is 14.8. The van der Waals surface area contributed by atoms with Gasteiger partial charge in [0.1, 0.15) is 0 Å². The molecule has 1 aromatic carbocycles. The number of H-pyrrole nitrogens is 1. The van der Waals surface area contributed by atoms with E-state index in [4.69, 9.17) is 5.73 Å². The first-order valence-electron chi connectivity index (χ1n) is 8.22. The van der Waals surface area contributed by atoms with Crippen LogP contribution in [-0.2, 0) is 13.0 Å². The number of hydrogen-bond acceptors (Lipinski definition) is 2. The molecule has 1 fully saturated rings. The van der Waals surface area contributed by atoms with Crippen molar-refractivity contribution in [1.29, 1.82) is 0 Å². The molecule has 1 aliphatic rings. The average Bonchev–Trinajstić information content (AvgIpc) is 3.13. The van der Waals surface area contributed by atoms with Gasteiger partial charge in [-0.15, -0.1) is 0 Å². The monoisotopic (exact) mass is 285 g/mol. The third kappa shape index (κ3) is 2.72. The van der Waals surface area contributed by atoms with Crippen LogP contribution >= 0.6 is 0 Å². The lowest BCUT2D eigenvalue weighted by Crippen LogP contribution is -2.37. The molecule has 0 aliphatic heterocycles. The number of benzene rings is 1. The fourth-order valence-corrected chi connectivity index (χ4v) is 3.96. The van der Waals surface area contributed by atoms with Gasteiger partial charge in [0.25, 0.3) is 0 Å². The van der Waals surface area contributed by atoms with Crippen molar-refractivity contribution in [1.82, 2.24) is 9.88 Å². The number of rotatable bonds is 5. The molecule has 0 bridgehead atoms. The van der Waals surface area contributed by atoms with Crippen LogP contribution in [-0.4, -0.2) is 29.5 Å². The quantitative estimate of drug-likeness (QED) is 0.885. The Morgan fingerprint density at radius 2 is 2.14 bits per heavy atom. The van der Waals surface area contributed by atoms with Gasteiger partial charge < -0.3 is 10.7 Å². The lowest BCUT2D eigenvalue weighted by molar-refractivity contribution is 0.193. The Labute approximate surface area is 127 Å². The van der Waals surface area contributed by atoms with Gasteiger partial charge in [-0.25, -0.2) is 0 Å². The van der Waals surface area contributed by atoms with E-state index in [2.05, 4.69) is 48.3 Å². The van der Waals surface area contributed by atoms with Gasteiger partial charge in [-0.1, -0.05) is 31.5 Å². The fraction of sp³-hybridized carbons (Fsp3) is 0.556. The molecule has 0 saturated heterocycles. The van der Waals surface area contributed by atoms with Crippen LogP contribution in [0.5, 0.6) is 0 Å².